The smallest absolute Gasteiger partial charge is 0.0399 e. The van der Waals surface area contributed by atoms with Crippen LogP contribution in [0.4, 0.5) is 5.69 Å². The zero-order chi connectivity index (χ0) is 10.8. The Kier molecular flexibility index (Phi) is 2.96. The molecule has 0 aliphatic carbocycles. The van der Waals surface area contributed by atoms with Crippen LogP contribution in [0.1, 0.15) is 17.9 Å². The summed E-state index contributed by atoms with van der Waals surface area (Å²) in [7, 11) is 6.49. The Hall–Kier alpha value is -1.02. The number of hydrogen-bond acceptors (Lipinski definition) is 2. The van der Waals surface area contributed by atoms with Gasteiger partial charge in [-0.2, -0.15) is 0 Å². The maximum atomic E-state index is 2.36. The standard InChI is InChI=1S/C13H20N2/c1-14(2)10-11-8-9-15(3)13-7-5-4-6-12(11)13/h4-7,11H,8-10H2,1-3H3. The molecule has 1 aliphatic heterocycles. The van der Waals surface area contributed by atoms with Crippen molar-refractivity contribution >= 4 is 5.69 Å². The summed E-state index contributed by atoms with van der Waals surface area (Å²) in [5, 5.41) is 0. The Morgan fingerprint density at radius 1 is 1.33 bits per heavy atom. The molecule has 1 aromatic rings. The molecule has 0 fully saturated rings. The SMILES string of the molecule is CN(C)CC1CCN(C)c2ccccc21. The number of hydrogen-bond donors (Lipinski definition) is 0. The lowest BCUT2D eigenvalue weighted by Crippen LogP contribution is -2.31. The van der Waals surface area contributed by atoms with E-state index in [-0.39, 0.29) is 0 Å². The van der Waals surface area contributed by atoms with Crippen LogP contribution in [0.2, 0.25) is 0 Å². The molecule has 0 N–H and O–H groups in total. The van der Waals surface area contributed by atoms with Crippen molar-refractivity contribution in [1.82, 2.24) is 4.90 Å². The maximum absolute atomic E-state index is 2.36. The summed E-state index contributed by atoms with van der Waals surface area (Å²) in [5.41, 5.74) is 2.93. The normalized spacial score (nSPS) is 20.5. The Labute approximate surface area is 92.5 Å². The average molecular weight is 204 g/mol. The zero-order valence-corrected chi connectivity index (χ0v) is 9.90. The molecule has 1 atom stereocenters. The first-order chi connectivity index (χ1) is 7.18. The van der Waals surface area contributed by atoms with Crippen LogP contribution in [0.15, 0.2) is 24.3 Å². The second-order valence-electron chi connectivity index (χ2n) is 4.73. The van der Waals surface area contributed by atoms with Gasteiger partial charge in [0, 0.05) is 31.7 Å². The highest BCUT2D eigenvalue weighted by Crippen LogP contribution is 2.34. The summed E-state index contributed by atoms with van der Waals surface area (Å²) in [5.74, 6) is 0.701. The molecule has 2 rings (SSSR count). The Balaban J connectivity index is 2.28. The van der Waals surface area contributed by atoms with Crippen LogP contribution in [0, 0.1) is 0 Å². The lowest BCUT2D eigenvalue weighted by Gasteiger charge is -2.34. The number of rotatable bonds is 2. The third kappa shape index (κ3) is 2.15. The highest BCUT2D eigenvalue weighted by Gasteiger charge is 2.22. The van der Waals surface area contributed by atoms with E-state index in [0.717, 1.165) is 6.54 Å². The van der Waals surface area contributed by atoms with Crippen molar-refractivity contribution in [3.63, 3.8) is 0 Å². The molecule has 1 heterocycles. The van der Waals surface area contributed by atoms with Gasteiger partial charge in [0.1, 0.15) is 0 Å². The minimum atomic E-state index is 0.701. The van der Waals surface area contributed by atoms with Gasteiger partial charge in [0.25, 0.3) is 0 Å². The zero-order valence-electron chi connectivity index (χ0n) is 9.90. The molecule has 1 aliphatic rings. The van der Waals surface area contributed by atoms with Gasteiger partial charge in [-0.05, 0) is 32.1 Å². The van der Waals surface area contributed by atoms with Crippen molar-refractivity contribution < 1.29 is 0 Å². The van der Waals surface area contributed by atoms with Gasteiger partial charge in [0.15, 0.2) is 0 Å². The van der Waals surface area contributed by atoms with Gasteiger partial charge in [0.2, 0.25) is 0 Å². The molecular weight excluding hydrogens is 184 g/mol. The van der Waals surface area contributed by atoms with Gasteiger partial charge in [-0.15, -0.1) is 0 Å². The van der Waals surface area contributed by atoms with Crippen LogP contribution in [0.25, 0.3) is 0 Å². The third-order valence-corrected chi connectivity index (χ3v) is 3.19. The van der Waals surface area contributed by atoms with Gasteiger partial charge in [0.05, 0.1) is 0 Å². The van der Waals surface area contributed by atoms with Crippen molar-refractivity contribution in [1.29, 1.82) is 0 Å². The van der Waals surface area contributed by atoms with E-state index in [9.17, 15) is 0 Å². The minimum Gasteiger partial charge on any atom is -0.374 e. The predicted octanol–water partition coefficient (Wildman–Crippen LogP) is 2.17. The Morgan fingerprint density at radius 3 is 2.80 bits per heavy atom. The molecule has 2 nitrogen and oxygen atoms in total. The highest BCUT2D eigenvalue weighted by atomic mass is 15.1. The average Bonchev–Trinajstić information content (AvgIpc) is 2.22. The third-order valence-electron chi connectivity index (χ3n) is 3.19. The topological polar surface area (TPSA) is 6.48 Å². The second-order valence-corrected chi connectivity index (χ2v) is 4.73. The fraction of sp³-hybridized carbons (Fsp3) is 0.538. The number of para-hydroxylation sites is 1. The number of nitrogens with zero attached hydrogens (tertiary/aromatic N) is 2. The molecule has 0 spiro atoms. The van der Waals surface area contributed by atoms with Crippen LogP contribution in [-0.4, -0.2) is 39.1 Å². The molecule has 0 aromatic heterocycles. The Bertz CT molecular complexity index is 333. The van der Waals surface area contributed by atoms with Gasteiger partial charge >= 0.3 is 0 Å². The Morgan fingerprint density at radius 2 is 2.07 bits per heavy atom. The highest BCUT2D eigenvalue weighted by molar-refractivity contribution is 5.56. The molecule has 0 amide bonds. The van der Waals surface area contributed by atoms with E-state index in [2.05, 4.69) is 55.2 Å². The van der Waals surface area contributed by atoms with Crippen LogP contribution in [-0.2, 0) is 0 Å². The van der Waals surface area contributed by atoms with Crippen molar-refractivity contribution in [3.8, 4) is 0 Å². The van der Waals surface area contributed by atoms with Crippen molar-refractivity contribution in [2.45, 2.75) is 12.3 Å². The van der Waals surface area contributed by atoms with Crippen molar-refractivity contribution in [3.05, 3.63) is 29.8 Å². The number of benzene rings is 1. The number of anilines is 1. The monoisotopic (exact) mass is 204 g/mol. The molecule has 0 radical (unpaired) electrons. The molecule has 0 bridgehead atoms. The molecule has 2 heteroatoms. The van der Waals surface area contributed by atoms with E-state index >= 15 is 0 Å². The van der Waals surface area contributed by atoms with Gasteiger partial charge in [-0.25, -0.2) is 0 Å². The molecule has 15 heavy (non-hydrogen) atoms. The number of fused-ring (bicyclic) bond motifs is 1. The van der Waals surface area contributed by atoms with E-state index in [1.807, 2.05) is 0 Å². The van der Waals surface area contributed by atoms with Gasteiger partial charge < -0.3 is 9.80 Å². The van der Waals surface area contributed by atoms with Gasteiger partial charge in [-0.1, -0.05) is 18.2 Å². The quantitative estimate of drug-likeness (QED) is 0.728. The van der Waals surface area contributed by atoms with Crippen LogP contribution in [0.5, 0.6) is 0 Å². The first-order valence-electron chi connectivity index (χ1n) is 5.63. The van der Waals surface area contributed by atoms with Crippen molar-refractivity contribution in [2.24, 2.45) is 0 Å². The summed E-state index contributed by atoms with van der Waals surface area (Å²) >= 11 is 0. The largest absolute Gasteiger partial charge is 0.374 e. The van der Waals surface area contributed by atoms with Crippen LogP contribution in [0.3, 0.4) is 0 Å². The summed E-state index contributed by atoms with van der Waals surface area (Å²) in [6, 6.07) is 8.80. The summed E-state index contributed by atoms with van der Waals surface area (Å²) in [4.78, 5) is 4.65. The minimum absolute atomic E-state index is 0.701. The molecule has 82 valence electrons. The van der Waals surface area contributed by atoms with E-state index in [4.69, 9.17) is 0 Å². The van der Waals surface area contributed by atoms with E-state index in [1.165, 1.54) is 24.2 Å². The van der Waals surface area contributed by atoms with Gasteiger partial charge in [-0.3, -0.25) is 0 Å². The fourth-order valence-corrected chi connectivity index (χ4v) is 2.44. The lowest BCUT2D eigenvalue weighted by molar-refractivity contribution is 0.360. The predicted molar refractivity (Wildman–Crippen MR) is 65.6 cm³/mol. The lowest BCUT2D eigenvalue weighted by atomic mass is 9.90. The molecule has 0 saturated carbocycles. The fourth-order valence-electron chi connectivity index (χ4n) is 2.44. The maximum Gasteiger partial charge on any atom is 0.0399 e. The van der Waals surface area contributed by atoms with Crippen LogP contribution < -0.4 is 4.90 Å². The molecular formula is C13H20N2. The first-order valence-corrected chi connectivity index (χ1v) is 5.63. The van der Waals surface area contributed by atoms with E-state index in [1.54, 1.807) is 0 Å². The summed E-state index contributed by atoms with van der Waals surface area (Å²) < 4.78 is 0. The summed E-state index contributed by atoms with van der Waals surface area (Å²) in [6.07, 6.45) is 1.27. The first kappa shape index (κ1) is 10.5. The summed E-state index contributed by atoms with van der Waals surface area (Å²) in [6.45, 7) is 2.33. The molecule has 0 saturated heterocycles. The van der Waals surface area contributed by atoms with E-state index < -0.39 is 0 Å². The second kappa shape index (κ2) is 4.23. The van der Waals surface area contributed by atoms with Crippen LogP contribution >= 0.6 is 0 Å². The molecule has 1 aromatic carbocycles. The number of likely N-dealkylation sites (N-methyl/N-ethyl adjacent to an activating group) is 1. The van der Waals surface area contributed by atoms with Crippen molar-refractivity contribution in [2.75, 3.05) is 39.1 Å². The molecule has 1 unspecified atom stereocenters. The van der Waals surface area contributed by atoms with E-state index in [0.29, 0.717) is 5.92 Å².